The van der Waals surface area contributed by atoms with Crippen molar-refractivity contribution >= 4 is 13.8 Å². The Bertz CT molecular complexity index is 764. The third-order valence-electron chi connectivity index (χ3n) is 8.45. The van der Waals surface area contributed by atoms with Crippen LogP contribution in [0.15, 0.2) is 12.2 Å². The van der Waals surface area contributed by atoms with Gasteiger partial charge < -0.3 is 24.6 Å². The summed E-state index contributed by atoms with van der Waals surface area (Å²) in [6, 6.07) is 0. The van der Waals surface area contributed by atoms with Crippen molar-refractivity contribution in [2.24, 2.45) is 0 Å². The first-order valence-corrected chi connectivity index (χ1v) is 21.2. The van der Waals surface area contributed by atoms with E-state index in [9.17, 15) is 19.4 Å². The summed E-state index contributed by atoms with van der Waals surface area (Å²) in [6.45, 7) is 3.52. The number of aliphatic hydroxyl groups excluding tert-OH is 2. The van der Waals surface area contributed by atoms with Gasteiger partial charge >= 0.3 is 13.8 Å². The molecule has 0 saturated carbocycles. The maximum atomic E-state index is 12.5. The molecule has 9 nitrogen and oxygen atoms in total. The highest BCUT2D eigenvalue weighted by Gasteiger charge is 2.26. The number of allylic oxidation sites excluding steroid dienone is 2. The SMILES string of the molecule is CCCCCCCC/C=C\CCCCCCCC(=O)OC(COCCCCCCCCCCCCCC)COP(=O)(O)OCC(O)CO. The zero-order chi connectivity index (χ0) is 35.4. The predicted octanol–water partition coefficient (Wildman–Crippen LogP) is 10.1. The van der Waals surface area contributed by atoms with Gasteiger partial charge in [0.25, 0.3) is 0 Å². The number of carbonyl (C=O) groups excluding carboxylic acids is 1. The van der Waals surface area contributed by atoms with Gasteiger partial charge in [-0.05, 0) is 38.5 Å². The van der Waals surface area contributed by atoms with Crippen molar-refractivity contribution in [2.45, 2.75) is 193 Å². The number of aliphatic hydroxyl groups is 2. The Morgan fingerprint density at radius 2 is 1.06 bits per heavy atom. The molecule has 3 unspecified atom stereocenters. The lowest BCUT2D eigenvalue weighted by Crippen LogP contribution is -2.29. The lowest BCUT2D eigenvalue weighted by atomic mass is 10.1. The molecular formula is C38H75O9P. The fourth-order valence-corrected chi connectivity index (χ4v) is 6.20. The minimum atomic E-state index is -4.51. The van der Waals surface area contributed by atoms with Gasteiger partial charge in [0.05, 0.1) is 26.4 Å². The fourth-order valence-electron chi connectivity index (χ4n) is 5.41. The average Bonchev–Trinajstić information content (AvgIpc) is 3.07. The summed E-state index contributed by atoms with van der Waals surface area (Å²) >= 11 is 0. The van der Waals surface area contributed by atoms with Gasteiger partial charge in [-0.2, -0.15) is 0 Å². The molecule has 0 spiro atoms. The van der Waals surface area contributed by atoms with E-state index in [2.05, 4.69) is 26.0 Å². The first-order chi connectivity index (χ1) is 23.3. The van der Waals surface area contributed by atoms with E-state index in [1.54, 1.807) is 0 Å². The second-order valence-corrected chi connectivity index (χ2v) is 14.8. The molecule has 0 rings (SSSR count). The van der Waals surface area contributed by atoms with Crippen molar-refractivity contribution < 1.29 is 43.0 Å². The molecule has 0 aromatic carbocycles. The van der Waals surface area contributed by atoms with Crippen LogP contribution in [0.4, 0.5) is 0 Å². The first-order valence-electron chi connectivity index (χ1n) is 19.7. The number of rotatable bonds is 38. The molecule has 0 bridgehead atoms. The smallest absolute Gasteiger partial charge is 0.457 e. The van der Waals surface area contributed by atoms with Gasteiger partial charge in [-0.3, -0.25) is 13.8 Å². The number of hydrogen-bond acceptors (Lipinski definition) is 8. The fraction of sp³-hybridized carbons (Fsp3) is 0.921. The van der Waals surface area contributed by atoms with Crippen LogP contribution < -0.4 is 0 Å². The zero-order valence-corrected chi connectivity index (χ0v) is 31.9. The van der Waals surface area contributed by atoms with E-state index < -0.39 is 33.2 Å². The number of esters is 1. The van der Waals surface area contributed by atoms with E-state index in [0.717, 1.165) is 51.4 Å². The molecule has 0 aliphatic heterocycles. The molecule has 0 aliphatic rings. The molecule has 0 aromatic heterocycles. The lowest BCUT2D eigenvalue weighted by Gasteiger charge is -2.20. The number of carbonyl (C=O) groups is 1. The number of ether oxygens (including phenoxy) is 2. The van der Waals surface area contributed by atoms with E-state index >= 15 is 0 Å². The summed E-state index contributed by atoms with van der Waals surface area (Å²) < 4.78 is 33.2. The molecule has 0 aromatic rings. The standard InChI is InChI=1S/C38H75O9P/c1-3-5-7-9-11-13-15-17-18-19-20-22-24-26-28-30-38(41)47-37(35-46-48(42,43)45-33-36(40)32-39)34-44-31-29-27-25-23-21-16-14-12-10-8-6-4-2/h17-18,36-37,39-40H,3-16,19-35H2,1-2H3,(H,42,43)/b18-17-. The highest BCUT2D eigenvalue weighted by molar-refractivity contribution is 7.47. The molecule has 0 radical (unpaired) electrons. The highest BCUT2D eigenvalue weighted by Crippen LogP contribution is 2.43. The number of hydrogen-bond donors (Lipinski definition) is 3. The van der Waals surface area contributed by atoms with Crippen molar-refractivity contribution in [2.75, 3.05) is 33.0 Å². The van der Waals surface area contributed by atoms with Crippen LogP contribution in [0.3, 0.4) is 0 Å². The Kier molecular flexibility index (Phi) is 35.4. The molecule has 0 fully saturated rings. The Labute approximate surface area is 294 Å². The largest absolute Gasteiger partial charge is 0.472 e. The minimum Gasteiger partial charge on any atom is -0.457 e. The molecule has 0 amide bonds. The number of phosphoric acid groups is 1. The van der Waals surface area contributed by atoms with Crippen LogP contribution >= 0.6 is 7.82 Å². The van der Waals surface area contributed by atoms with Crippen LogP contribution in [0.2, 0.25) is 0 Å². The van der Waals surface area contributed by atoms with Crippen LogP contribution in [0, 0.1) is 0 Å². The molecule has 0 heterocycles. The van der Waals surface area contributed by atoms with E-state index in [0.29, 0.717) is 6.61 Å². The number of phosphoric ester groups is 1. The number of unbranched alkanes of at least 4 members (excludes halogenated alkanes) is 22. The molecule has 0 saturated heterocycles. The summed E-state index contributed by atoms with van der Waals surface area (Å²) in [7, 11) is -4.51. The monoisotopic (exact) mass is 707 g/mol. The topological polar surface area (TPSA) is 132 Å². The minimum absolute atomic E-state index is 0.0510. The molecule has 3 N–H and O–H groups in total. The molecule has 286 valence electrons. The molecule has 48 heavy (non-hydrogen) atoms. The third kappa shape index (κ3) is 35.0. The summed E-state index contributed by atoms with van der Waals surface area (Å²) in [5, 5.41) is 18.3. The summed E-state index contributed by atoms with van der Waals surface area (Å²) in [5.74, 6) is -0.389. The van der Waals surface area contributed by atoms with E-state index in [1.807, 2.05) is 0 Å². The van der Waals surface area contributed by atoms with Crippen molar-refractivity contribution in [1.82, 2.24) is 0 Å². The van der Waals surface area contributed by atoms with Crippen LogP contribution in [-0.2, 0) is 27.9 Å². The van der Waals surface area contributed by atoms with Gasteiger partial charge in [0, 0.05) is 13.0 Å². The van der Waals surface area contributed by atoms with Crippen LogP contribution in [-0.4, -0.2) is 66.3 Å². The van der Waals surface area contributed by atoms with Crippen LogP contribution in [0.5, 0.6) is 0 Å². The van der Waals surface area contributed by atoms with Gasteiger partial charge in [-0.25, -0.2) is 4.57 Å². The zero-order valence-electron chi connectivity index (χ0n) is 31.0. The predicted molar refractivity (Wildman–Crippen MR) is 196 cm³/mol. The summed E-state index contributed by atoms with van der Waals surface area (Å²) in [5.41, 5.74) is 0. The van der Waals surface area contributed by atoms with Crippen molar-refractivity contribution in [3.8, 4) is 0 Å². The van der Waals surface area contributed by atoms with Gasteiger partial charge in [0.15, 0.2) is 0 Å². The van der Waals surface area contributed by atoms with Gasteiger partial charge in [0.1, 0.15) is 12.2 Å². The first kappa shape index (κ1) is 47.2. The second-order valence-electron chi connectivity index (χ2n) is 13.3. The lowest BCUT2D eigenvalue weighted by molar-refractivity contribution is -0.154. The molecule has 3 atom stereocenters. The maximum Gasteiger partial charge on any atom is 0.472 e. The van der Waals surface area contributed by atoms with Gasteiger partial charge in [-0.15, -0.1) is 0 Å². The summed E-state index contributed by atoms with van der Waals surface area (Å²) in [6.07, 6.45) is 33.0. The second kappa shape index (κ2) is 36.0. The molecule has 10 heteroatoms. The van der Waals surface area contributed by atoms with E-state index in [-0.39, 0.29) is 25.6 Å². The highest BCUT2D eigenvalue weighted by atomic mass is 31.2. The maximum absolute atomic E-state index is 12.5. The Hall–Kier alpha value is -0.800. The van der Waals surface area contributed by atoms with Crippen molar-refractivity contribution in [1.29, 1.82) is 0 Å². The average molecular weight is 707 g/mol. The van der Waals surface area contributed by atoms with Crippen molar-refractivity contribution in [3.63, 3.8) is 0 Å². The third-order valence-corrected chi connectivity index (χ3v) is 9.40. The molecular weight excluding hydrogens is 631 g/mol. The Morgan fingerprint density at radius 3 is 1.56 bits per heavy atom. The molecule has 0 aliphatic carbocycles. The van der Waals surface area contributed by atoms with Crippen LogP contribution in [0.1, 0.15) is 181 Å². The van der Waals surface area contributed by atoms with Gasteiger partial charge in [0.2, 0.25) is 0 Å². The van der Waals surface area contributed by atoms with E-state index in [1.165, 1.54) is 109 Å². The Morgan fingerprint density at radius 1 is 0.625 bits per heavy atom. The quantitative estimate of drug-likeness (QED) is 0.0248. The van der Waals surface area contributed by atoms with Gasteiger partial charge in [-0.1, -0.05) is 148 Å². The summed E-state index contributed by atoms with van der Waals surface area (Å²) in [4.78, 5) is 22.5. The van der Waals surface area contributed by atoms with Crippen LogP contribution in [0.25, 0.3) is 0 Å². The Balaban J connectivity index is 4.21. The van der Waals surface area contributed by atoms with E-state index in [4.69, 9.17) is 23.6 Å². The van der Waals surface area contributed by atoms with Crippen molar-refractivity contribution in [3.05, 3.63) is 12.2 Å². The normalized spacial score (nSPS) is 14.4.